The quantitative estimate of drug-likeness (QED) is 0.891. The van der Waals surface area contributed by atoms with E-state index < -0.39 is 6.09 Å². The summed E-state index contributed by atoms with van der Waals surface area (Å²) in [6.07, 6.45) is -0.422. The number of aliphatic hydroxyl groups excluding tert-OH is 1. The number of ether oxygens (including phenoxy) is 1. The van der Waals surface area contributed by atoms with Gasteiger partial charge in [0.1, 0.15) is 6.61 Å². The molecule has 116 valence electrons. The lowest BCUT2D eigenvalue weighted by atomic mass is 10.2. The number of hydrogen-bond acceptors (Lipinski definition) is 3. The molecule has 2 aromatic carbocycles. The number of carbonyl (C=O) groups is 1. The van der Waals surface area contributed by atoms with E-state index in [2.05, 4.69) is 0 Å². The number of benzene rings is 2. The van der Waals surface area contributed by atoms with Crippen molar-refractivity contribution in [2.24, 2.45) is 0 Å². The molecule has 22 heavy (non-hydrogen) atoms. The van der Waals surface area contributed by atoms with Crippen LogP contribution >= 0.6 is 0 Å². The number of hydrogen-bond donors (Lipinski definition) is 1. The van der Waals surface area contributed by atoms with Crippen molar-refractivity contribution in [1.29, 1.82) is 0 Å². The van der Waals surface area contributed by atoms with Gasteiger partial charge >= 0.3 is 6.09 Å². The first kappa shape index (κ1) is 16.0. The molecule has 1 unspecified atom stereocenters. The van der Waals surface area contributed by atoms with Gasteiger partial charge in [-0.1, -0.05) is 60.7 Å². The largest absolute Gasteiger partial charge is 0.445 e. The maximum absolute atomic E-state index is 12.3. The molecule has 4 heteroatoms. The topological polar surface area (TPSA) is 49.8 Å². The molecule has 1 N–H and O–H groups in total. The van der Waals surface area contributed by atoms with Crippen LogP contribution in [0.4, 0.5) is 4.79 Å². The predicted molar refractivity (Wildman–Crippen MR) is 85.2 cm³/mol. The molecule has 0 aliphatic heterocycles. The third-order valence-corrected chi connectivity index (χ3v) is 3.43. The summed E-state index contributed by atoms with van der Waals surface area (Å²) in [7, 11) is 0. The maximum atomic E-state index is 12.3. The van der Waals surface area contributed by atoms with Crippen LogP contribution in [0.5, 0.6) is 0 Å². The second-order valence-electron chi connectivity index (χ2n) is 5.19. The normalized spacial score (nSPS) is 11.7. The van der Waals surface area contributed by atoms with Gasteiger partial charge < -0.3 is 9.84 Å². The van der Waals surface area contributed by atoms with E-state index in [-0.39, 0.29) is 19.3 Å². The van der Waals surface area contributed by atoms with E-state index in [0.717, 1.165) is 11.1 Å². The highest BCUT2D eigenvalue weighted by Gasteiger charge is 2.21. The molecule has 0 fully saturated rings. The third kappa shape index (κ3) is 4.60. The second-order valence-corrected chi connectivity index (χ2v) is 5.19. The lowest BCUT2D eigenvalue weighted by Crippen LogP contribution is -2.40. The highest BCUT2D eigenvalue weighted by atomic mass is 16.6. The van der Waals surface area contributed by atoms with E-state index >= 15 is 0 Å². The fraction of sp³-hybridized carbons (Fsp3) is 0.278. The van der Waals surface area contributed by atoms with Crippen molar-refractivity contribution < 1.29 is 14.6 Å². The molecule has 0 radical (unpaired) electrons. The standard InChI is InChI=1S/C18H21NO3/c1-15(13-20)19(12-16-8-4-2-5-9-16)18(21)22-14-17-10-6-3-7-11-17/h2-11,15,20H,12-14H2,1H3. The summed E-state index contributed by atoms with van der Waals surface area (Å²) >= 11 is 0. The van der Waals surface area contributed by atoms with Gasteiger partial charge in [0.05, 0.1) is 12.6 Å². The molecular formula is C18H21NO3. The first-order chi connectivity index (χ1) is 10.7. The van der Waals surface area contributed by atoms with Gasteiger partial charge in [0.2, 0.25) is 0 Å². The van der Waals surface area contributed by atoms with E-state index in [1.807, 2.05) is 60.7 Å². The van der Waals surface area contributed by atoms with Gasteiger partial charge in [-0.25, -0.2) is 4.79 Å². The molecule has 0 aliphatic rings. The molecule has 0 spiro atoms. The molecule has 0 heterocycles. The Morgan fingerprint density at radius 2 is 1.59 bits per heavy atom. The van der Waals surface area contributed by atoms with E-state index in [1.165, 1.54) is 4.90 Å². The molecule has 0 aromatic heterocycles. The van der Waals surface area contributed by atoms with E-state index in [0.29, 0.717) is 6.54 Å². The van der Waals surface area contributed by atoms with Crippen molar-refractivity contribution in [1.82, 2.24) is 4.90 Å². The van der Waals surface area contributed by atoms with E-state index in [9.17, 15) is 9.90 Å². The smallest absolute Gasteiger partial charge is 0.410 e. The van der Waals surface area contributed by atoms with Gasteiger partial charge in [-0.3, -0.25) is 4.90 Å². The molecule has 1 atom stereocenters. The van der Waals surface area contributed by atoms with Crippen LogP contribution in [0.1, 0.15) is 18.1 Å². The minimum atomic E-state index is -0.422. The van der Waals surface area contributed by atoms with Gasteiger partial charge in [0.15, 0.2) is 0 Å². The van der Waals surface area contributed by atoms with Crippen LogP contribution in [0.25, 0.3) is 0 Å². The zero-order valence-corrected chi connectivity index (χ0v) is 12.7. The Hall–Kier alpha value is -2.33. The van der Waals surface area contributed by atoms with E-state index in [4.69, 9.17) is 4.74 Å². The number of nitrogens with zero attached hydrogens (tertiary/aromatic N) is 1. The number of amides is 1. The van der Waals surface area contributed by atoms with Crippen molar-refractivity contribution in [3.63, 3.8) is 0 Å². The van der Waals surface area contributed by atoms with Crippen molar-refractivity contribution in [2.75, 3.05) is 6.61 Å². The minimum absolute atomic E-state index is 0.104. The molecule has 4 nitrogen and oxygen atoms in total. The van der Waals surface area contributed by atoms with Crippen LogP contribution in [-0.4, -0.2) is 28.7 Å². The average molecular weight is 299 g/mol. The first-order valence-electron chi connectivity index (χ1n) is 7.33. The predicted octanol–water partition coefficient (Wildman–Crippen LogP) is 3.21. The number of rotatable bonds is 6. The molecular weight excluding hydrogens is 278 g/mol. The summed E-state index contributed by atoms with van der Waals surface area (Å²) in [6, 6.07) is 18.9. The zero-order valence-electron chi connectivity index (χ0n) is 12.7. The van der Waals surface area contributed by atoms with Crippen LogP contribution in [0.2, 0.25) is 0 Å². The molecule has 0 saturated heterocycles. The van der Waals surface area contributed by atoms with Crippen LogP contribution in [0, 0.1) is 0 Å². The fourth-order valence-electron chi connectivity index (χ4n) is 2.08. The Kier molecular flexibility index (Phi) is 5.98. The monoisotopic (exact) mass is 299 g/mol. The third-order valence-electron chi connectivity index (χ3n) is 3.43. The Balaban J connectivity index is 2.00. The van der Waals surface area contributed by atoms with Crippen molar-refractivity contribution in [3.05, 3.63) is 71.8 Å². The highest BCUT2D eigenvalue weighted by molar-refractivity contribution is 5.68. The summed E-state index contributed by atoms with van der Waals surface area (Å²) in [5, 5.41) is 9.37. The Morgan fingerprint density at radius 3 is 2.14 bits per heavy atom. The Morgan fingerprint density at radius 1 is 1.05 bits per heavy atom. The van der Waals surface area contributed by atoms with Crippen molar-refractivity contribution in [2.45, 2.75) is 26.1 Å². The molecule has 2 rings (SSSR count). The van der Waals surface area contributed by atoms with Gasteiger partial charge in [0.25, 0.3) is 0 Å². The van der Waals surface area contributed by atoms with Crippen molar-refractivity contribution >= 4 is 6.09 Å². The second kappa shape index (κ2) is 8.20. The maximum Gasteiger partial charge on any atom is 0.410 e. The number of aliphatic hydroxyl groups is 1. The summed E-state index contributed by atoms with van der Waals surface area (Å²) < 4.78 is 5.36. The molecule has 0 bridgehead atoms. The Bertz CT molecular complexity index is 571. The van der Waals surface area contributed by atoms with Gasteiger partial charge in [-0.15, -0.1) is 0 Å². The summed E-state index contributed by atoms with van der Waals surface area (Å²) in [4.78, 5) is 13.9. The van der Waals surface area contributed by atoms with Crippen LogP contribution in [0.15, 0.2) is 60.7 Å². The van der Waals surface area contributed by atoms with Gasteiger partial charge in [-0.2, -0.15) is 0 Å². The lowest BCUT2D eigenvalue weighted by molar-refractivity contribution is 0.0654. The summed E-state index contributed by atoms with van der Waals surface area (Å²) in [5.74, 6) is 0. The summed E-state index contributed by atoms with van der Waals surface area (Å²) in [5.41, 5.74) is 1.94. The van der Waals surface area contributed by atoms with Crippen molar-refractivity contribution in [3.8, 4) is 0 Å². The molecule has 2 aromatic rings. The highest BCUT2D eigenvalue weighted by Crippen LogP contribution is 2.11. The fourth-order valence-corrected chi connectivity index (χ4v) is 2.08. The zero-order chi connectivity index (χ0) is 15.8. The van der Waals surface area contributed by atoms with Crippen LogP contribution in [-0.2, 0) is 17.9 Å². The average Bonchev–Trinajstić information content (AvgIpc) is 2.58. The van der Waals surface area contributed by atoms with Crippen LogP contribution in [0.3, 0.4) is 0 Å². The van der Waals surface area contributed by atoms with Gasteiger partial charge in [0, 0.05) is 6.54 Å². The Labute approximate surface area is 131 Å². The van der Waals surface area contributed by atoms with E-state index in [1.54, 1.807) is 6.92 Å². The summed E-state index contributed by atoms with van der Waals surface area (Å²) in [6.45, 7) is 2.33. The molecule has 1 amide bonds. The minimum Gasteiger partial charge on any atom is -0.445 e. The molecule has 0 aliphatic carbocycles. The number of carbonyl (C=O) groups excluding carboxylic acids is 1. The van der Waals surface area contributed by atoms with Crippen LogP contribution < -0.4 is 0 Å². The SMILES string of the molecule is CC(CO)N(Cc1ccccc1)C(=O)OCc1ccccc1. The van der Waals surface area contributed by atoms with Gasteiger partial charge in [-0.05, 0) is 18.1 Å². The first-order valence-corrected chi connectivity index (χ1v) is 7.33. The molecule has 0 saturated carbocycles. The lowest BCUT2D eigenvalue weighted by Gasteiger charge is -2.27.